The van der Waals surface area contributed by atoms with E-state index in [2.05, 4.69) is 5.32 Å². The first-order chi connectivity index (χ1) is 13.0. The van der Waals surface area contributed by atoms with E-state index in [1.807, 2.05) is 6.92 Å². The number of hydrogen-bond acceptors (Lipinski definition) is 6. The maximum absolute atomic E-state index is 12.6. The molecule has 0 aliphatic rings. The molecule has 0 aliphatic carbocycles. The molecule has 0 aromatic heterocycles. The molecule has 0 heterocycles. The number of methoxy groups -OCH3 is 2. The quantitative estimate of drug-likeness (QED) is 0.715. The van der Waals surface area contributed by atoms with Gasteiger partial charge in [-0.2, -0.15) is 0 Å². The zero-order valence-electron chi connectivity index (χ0n) is 15.8. The summed E-state index contributed by atoms with van der Waals surface area (Å²) in [6.45, 7) is 3.80. The highest BCUT2D eigenvalue weighted by Crippen LogP contribution is 2.29. The van der Waals surface area contributed by atoms with E-state index in [9.17, 15) is 9.59 Å². The van der Waals surface area contributed by atoms with E-state index in [0.29, 0.717) is 29.5 Å². The normalized spacial score (nSPS) is 11.3. The smallest absolute Gasteiger partial charge is 0.346 e. The average Bonchev–Trinajstić information content (AvgIpc) is 2.68. The molecule has 0 saturated carbocycles. The van der Waals surface area contributed by atoms with Crippen molar-refractivity contribution in [3.8, 4) is 17.2 Å². The van der Waals surface area contributed by atoms with Crippen LogP contribution in [0.4, 0.5) is 5.69 Å². The minimum atomic E-state index is -1.04. The second-order valence-corrected chi connectivity index (χ2v) is 5.50. The highest BCUT2D eigenvalue weighted by atomic mass is 16.6. The molecule has 0 fully saturated rings. The van der Waals surface area contributed by atoms with E-state index in [1.165, 1.54) is 21.1 Å². The lowest BCUT2D eigenvalue weighted by Gasteiger charge is -2.17. The van der Waals surface area contributed by atoms with Crippen LogP contribution in [-0.4, -0.2) is 38.8 Å². The van der Waals surface area contributed by atoms with E-state index in [0.717, 1.165) is 0 Å². The number of carbonyl (C=O) groups is 2. The number of amides is 1. The van der Waals surface area contributed by atoms with Gasteiger partial charge in [-0.3, -0.25) is 4.79 Å². The lowest BCUT2D eigenvalue weighted by molar-refractivity contribution is -0.123. The molecule has 0 unspecified atom stereocenters. The predicted octanol–water partition coefficient (Wildman–Crippen LogP) is 3.29. The lowest BCUT2D eigenvalue weighted by atomic mass is 10.1. The molecular weight excluding hydrogens is 350 g/mol. The lowest BCUT2D eigenvalue weighted by Crippen LogP contribution is -2.30. The van der Waals surface area contributed by atoms with Gasteiger partial charge in [-0.05, 0) is 38.1 Å². The summed E-state index contributed by atoms with van der Waals surface area (Å²) >= 11 is 0. The Morgan fingerprint density at radius 2 is 1.56 bits per heavy atom. The van der Waals surface area contributed by atoms with Gasteiger partial charge in [0.25, 0.3) is 5.91 Å². The van der Waals surface area contributed by atoms with Gasteiger partial charge in [-0.25, -0.2) is 4.79 Å². The van der Waals surface area contributed by atoms with Crippen LogP contribution >= 0.6 is 0 Å². The molecule has 0 spiro atoms. The summed E-state index contributed by atoms with van der Waals surface area (Å²) in [5.74, 6) is -0.0602. The SMILES string of the molecule is CCOc1ccccc1NC(=O)[C@@H](C)OC(=O)c1c(OC)cccc1OC. The molecule has 0 saturated heterocycles. The highest BCUT2D eigenvalue weighted by Gasteiger charge is 2.25. The summed E-state index contributed by atoms with van der Waals surface area (Å²) in [7, 11) is 2.87. The van der Waals surface area contributed by atoms with E-state index < -0.39 is 18.0 Å². The summed E-state index contributed by atoms with van der Waals surface area (Å²) in [5.41, 5.74) is 0.624. The van der Waals surface area contributed by atoms with Crippen molar-refractivity contribution in [3.05, 3.63) is 48.0 Å². The molecule has 7 heteroatoms. The van der Waals surface area contributed by atoms with Crippen molar-refractivity contribution in [2.45, 2.75) is 20.0 Å². The molecule has 1 atom stereocenters. The molecule has 0 aliphatic heterocycles. The minimum absolute atomic E-state index is 0.122. The molecule has 2 aromatic rings. The van der Waals surface area contributed by atoms with Crippen molar-refractivity contribution in [3.63, 3.8) is 0 Å². The fourth-order valence-corrected chi connectivity index (χ4v) is 2.41. The molecule has 27 heavy (non-hydrogen) atoms. The molecule has 2 rings (SSSR count). The van der Waals surface area contributed by atoms with Crippen LogP contribution in [0.5, 0.6) is 17.2 Å². The van der Waals surface area contributed by atoms with Gasteiger partial charge in [0.05, 0.1) is 26.5 Å². The Kier molecular flexibility index (Phi) is 7.05. The van der Waals surface area contributed by atoms with Crippen LogP contribution in [0.15, 0.2) is 42.5 Å². The van der Waals surface area contributed by atoms with Crippen molar-refractivity contribution in [1.82, 2.24) is 0 Å². The maximum atomic E-state index is 12.6. The number of benzene rings is 2. The summed E-state index contributed by atoms with van der Waals surface area (Å²) < 4.78 is 21.2. The monoisotopic (exact) mass is 373 g/mol. The Balaban J connectivity index is 2.12. The third kappa shape index (κ3) is 4.91. The topological polar surface area (TPSA) is 83.1 Å². The van der Waals surface area contributed by atoms with Gasteiger partial charge in [0.1, 0.15) is 22.8 Å². The van der Waals surface area contributed by atoms with Crippen molar-refractivity contribution < 1.29 is 28.5 Å². The number of carbonyl (C=O) groups excluding carboxylic acids is 2. The summed E-state index contributed by atoms with van der Waals surface area (Å²) in [4.78, 5) is 25.0. The Morgan fingerprint density at radius 1 is 0.963 bits per heavy atom. The number of rotatable bonds is 8. The largest absolute Gasteiger partial charge is 0.496 e. The molecular formula is C20H23NO6. The second kappa shape index (κ2) is 9.47. The zero-order chi connectivity index (χ0) is 19.8. The van der Waals surface area contributed by atoms with Crippen LogP contribution in [0.2, 0.25) is 0 Å². The Hall–Kier alpha value is -3.22. The molecule has 0 bridgehead atoms. The van der Waals surface area contributed by atoms with Gasteiger partial charge in [-0.1, -0.05) is 18.2 Å². The number of nitrogens with one attached hydrogen (secondary N) is 1. The van der Waals surface area contributed by atoms with Crippen molar-refractivity contribution in [2.24, 2.45) is 0 Å². The van der Waals surface area contributed by atoms with Gasteiger partial charge in [0, 0.05) is 0 Å². The van der Waals surface area contributed by atoms with E-state index >= 15 is 0 Å². The third-order valence-corrected chi connectivity index (χ3v) is 3.73. The van der Waals surface area contributed by atoms with Gasteiger partial charge >= 0.3 is 5.97 Å². The van der Waals surface area contributed by atoms with E-state index in [-0.39, 0.29) is 5.56 Å². The molecule has 0 radical (unpaired) electrons. The standard InChI is InChI=1S/C20H23NO6/c1-5-26-15-10-7-6-9-14(15)21-19(22)13(2)27-20(23)18-16(24-3)11-8-12-17(18)25-4/h6-13H,5H2,1-4H3,(H,21,22)/t13-/m1/s1. The first-order valence-corrected chi connectivity index (χ1v) is 8.46. The third-order valence-electron chi connectivity index (χ3n) is 3.73. The van der Waals surface area contributed by atoms with Gasteiger partial charge in [-0.15, -0.1) is 0 Å². The molecule has 1 amide bonds. The number of hydrogen-bond donors (Lipinski definition) is 1. The zero-order valence-corrected chi connectivity index (χ0v) is 15.8. The number of ether oxygens (including phenoxy) is 4. The molecule has 2 aromatic carbocycles. The number of esters is 1. The van der Waals surface area contributed by atoms with Gasteiger partial charge < -0.3 is 24.3 Å². The van der Waals surface area contributed by atoms with Gasteiger partial charge in [0.2, 0.25) is 0 Å². The maximum Gasteiger partial charge on any atom is 0.346 e. The second-order valence-electron chi connectivity index (χ2n) is 5.50. The summed E-state index contributed by atoms with van der Waals surface area (Å²) in [6, 6.07) is 11.9. The Bertz CT molecular complexity index is 783. The highest BCUT2D eigenvalue weighted by molar-refractivity contribution is 6.00. The predicted molar refractivity (Wildman–Crippen MR) is 101 cm³/mol. The Morgan fingerprint density at radius 3 is 2.15 bits per heavy atom. The minimum Gasteiger partial charge on any atom is -0.496 e. The first kappa shape index (κ1) is 20.1. The number of para-hydroxylation sites is 2. The van der Waals surface area contributed by atoms with Crippen LogP contribution in [0.1, 0.15) is 24.2 Å². The summed E-state index contributed by atoms with van der Waals surface area (Å²) in [6.07, 6.45) is -1.04. The van der Waals surface area contributed by atoms with E-state index in [1.54, 1.807) is 42.5 Å². The fraction of sp³-hybridized carbons (Fsp3) is 0.300. The fourth-order valence-electron chi connectivity index (χ4n) is 2.41. The Labute approximate surface area is 158 Å². The molecule has 1 N–H and O–H groups in total. The van der Waals surface area contributed by atoms with Crippen LogP contribution < -0.4 is 19.5 Å². The van der Waals surface area contributed by atoms with Crippen molar-refractivity contribution in [2.75, 3.05) is 26.1 Å². The van der Waals surface area contributed by atoms with Gasteiger partial charge in [0.15, 0.2) is 6.10 Å². The van der Waals surface area contributed by atoms with Crippen molar-refractivity contribution >= 4 is 17.6 Å². The molecule has 7 nitrogen and oxygen atoms in total. The van der Waals surface area contributed by atoms with Crippen LogP contribution in [-0.2, 0) is 9.53 Å². The number of anilines is 1. The average molecular weight is 373 g/mol. The van der Waals surface area contributed by atoms with Crippen molar-refractivity contribution in [1.29, 1.82) is 0 Å². The van der Waals surface area contributed by atoms with E-state index in [4.69, 9.17) is 18.9 Å². The first-order valence-electron chi connectivity index (χ1n) is 8.46. The van der Waals surface area contributed by atoms with Crippen LogP contribution in [0.3, 0.4) is 0 Å². The molecule has 144 valence electrons. The van der Waals surface area contributed by atoms with Crippen LogP contribution in [0.25, 0.3) is 0 Å². The summed E-state index contributed by atoms with van der Waals surface area (Å²) in [5, 5.41) is 2.71. The van der Waals surface area contributed by atoms with Crippen LogP contribution in [0, 0.1) is 0 Å².